The number of aromatic nitrogens is 4. The Labute approximate surface area is 137 Å². The average Bonchev–Trinajstić information content (AvgIpc) is 3.03. The Morgan fingerprint density at radius 3 is 2.65 bits per heavy atom. The summed E-state index contributed by atoms with van der Waals surface area (Å²) in [5.41, 5.74) is 4.38. The molecule has 0 saturated heterocycles. The van der Waals surface area contributed by atoms with Gasteiger partial charge in [0.05, 0.1) is 11.4 Å². The lowest BCUT2D eigenvalue weighted by Gasteiger charge is -2.06. The minimum atomic E-state index is 0.0991. The molecule has 0 bridgehead atoms. The third-order valence-electron chi connectivity index (χ3n) is 3.97. The normalized spacial score (nSPS) is 11.0. The summed E-state index contributed by atoms with van der Waals surface area (Å²) in [4.78, 5) is 11.9. The molecule has 0 fully saturated rings. The van der Waals surface area contributed by atoms with E-state index < -0.39 is 0 Å². The second kappa shape index (κ2) is 7.94. The van der Waals surface area contributed by atoms with E-state index in [-0.39, 0.29) is 5.91 Å². The van der Waals surface area contributed by atoms with Crippen LogP contribution in [0, 0.1) is 20.8 Å². The predicted molar refractivity (Wildman–Crippen MR) is 90.3 cm³/mol. The number of aryl methyl sites for hydroxylation is 6. The van der Waals surface area contributed by atoms with Crippen molar-refractivity contribution >= 4 is 5.91 Å². The van der Waals surface area contributed by atoms with Crippen LogP contribution in [0.3, 0.4) is 0 Å². The molecule has 6 nitrogen and oxygen atoms in total. The topological polar surface area (TPSA) is 64.7 Å². The fourth-order valence-corrected chi connectivity index (χ4v) is 2.66. The number of amides is 1. The van der Waals surface area contributed by atoms with Gasteiger partial charge in [0.2, 0.25) is 5.91 Å². The molecule has 23 heavy (non-hydrogen) atoms. The lowest BCUT2D eigenvalue weighted by Crippen LogP contribution is -2.25. The van der Waals surface area contributed by atoms with Crippen LogP contribution in [0.1, 0.15) is 42.4 Å². The maximum Gasteiger partial charge on any atom is 0.220 e. The lowest BCUT2D eigenvalue weighted by molar-refractivity contribution is -0.121. The zero-order valence-corrected chi connectivity index (χ0v) is 14.6. The zero-order chi connectivity index (χ0) is 16.8. The van der Waals surface area contributed by atoms with Crippen molar-refractivity contribution in [1.29, 1.82) is 0 Å². The maximum absolute atomic E-state index is 11.9. The lowest BCUT2D eigenvalue weighted by atomic mass is 10.1. The molecule has 0 spiro atoms. The van der Waals surface area contributed by atoms with E-state index in [2.05, 4.69) is 35.4 Å². The summed E-state index contributed by atoms with van der Waals surface area (Å²) in [7, 11) is 0. The van der Waals surface area contributed by atoms with Crippen LogP contribution in [0.2, 0.25) is 0 Å². The van der Waals surface area contributed by atoms with E-state index in [1.165, 1.54) is 0 Å². The number of hydrogen-bond acceptors (Lipinski definition) is 3. The van der Waals surface area contributed by atoms with Crippen LogP contribution in [-0.2, 0) is 24.3 Å². The van der Waals surface area contributed by atoms with Crippen LogP contribution >= 0.6 is 0 Å². The highest BCUT2D eigenvalue weighted by atomic mass is 16.1. The van der Waals surface area contributed by atoms with Gasteiger partial charge in [0.15, 0.2) is 0 Å². The van der Waals surface area contributed by atoms with E-state index in [1.54, 1.807) is 0 Å². The van der Waals surface area contributed by atoms with Gasteiger partial charge in [0, 0.05) is 37.9 Å². The summed E-state index contributed by atoms with van der Waals surface area (Å²) in [6.45, 7) is 10.5. The van der Waals surface area contributed by atoms with Gasteiger partial charge < -0.3 is 5.32 Å². The molecule has 0 saturated carbocycles. The molecule has 0 aliphatic rings. The molecule has 2 aromatic heterocycles. The maximum atomic E-state index is 11.9. The third-order valence-corrected chi connectivity index (χ3v) is 3.97. The van der Waals surface area contributed by atoms with Gasteiger partial charge in [-0.2, -0.15) is 10.2 Å². The van der Waals surface area contributed by atoms with E-state index >= 15 is 0 Å². The van der Waals surface area contributed by atoms with Gasteiger partial charge in [-0.25, -0.2) is 0 Å². The van der Waals surface area contributed by atoms with Crippen LogP contribution in [0.5, 0.6) is 0 Å². The zero-order valence-electron chi connectivity index (χ0n) is 14.6. The first kappa shape index (κ1) is 17.2. The molecule has 0 atom stereocenters. The third kappa shape index (κ3) is 4.94. The standard InChI is InChI=1S/C17H27N5O/c1-5-21-12-16(15(4)20-21)7-8-17(23)18-9-6-10-22-14(3)11-13(2)19-22/h11-12H,5-10H2,1-4H3,(H,18,23). The van der Waals surface area contributed by atoms with Crippen LogP contribution in [0.25, 0.3) is 0 Å². The molecule has 0 unspecified atom stereocenters. The van der Waals surface area contributed by atoms with Crippen LogP contribution in [-0.4, -0.2) is 32.0 Å². The van der Waals surface area contributed by atoms with Crippen LogP contribution in [0.15, 0.2) is 12.3 Å². The Morgan fingerprint density at radius 1 is 1.26 bits per heavy atom. The number of nitrogens with one attached hydrogen (secondary N) is 1. The Balaban J connectivity index is 1.67. The van der Waals surface area contributed by atoms with Gasteiger partial charge >= 0.3 is 0 Å². The van der Waals surface area contributed by atoms with E-state index in [1.807, 2.05) is 29.4 Å². The summed E-state index contributed by atoms with van der Waals surface area (Å²) in [5, 5.41) is 11.8. The van der Waals surface area contributed by atoms with Gasteiger partial charge in [-0.05, 0) is 52.2 Å². The van der Waals surface area contributed by atoms with Crippen molar-refractivity contribution in [2.24, 2.45) is 0 Å². The van der Waals surface area contributed by atoms with Crippen molar-refractivity contribution in [1.82, 2.24) is 24.9 Å². The molecule has 0 aliphatic carbocycles. The number of rotatable bonds is 8. The minimum Gasteiger partial charge on any atom is -0.356 e. The average molecular weight is 317 g/mol. The molecule has 1 N–H and O–H groups in total. The Kier molecular flexibility index (Phi) is 5.96. The summed E-state index contributed by atoms with van der Waals surface area (Å²) in [5.74, 6) is 0.0991. The van der Waals surface area contributed by atoms with E-state index in [0.29, 0.717) is 13.0 Å². The fraction of sp³-hybridized carbons (Fsp3) is 0.588. The molecule has 126 valence electrons. The van der Waals surface area contributed by atoms with Gasteiger partial charge in [0.1, 0.15) is 0 Å². The summed E-state index contributed by atoms with van der Waals surface area (Å²) in [6.07, 6.45) is 4.18. The molecule has 0 aliphatic heterocycles. The second-order valence-electron chi connectivity index (χ2n) is 5.95. The number of carbonyl (C=O) groups excluding carboxylic acids is 1. The van der Waals surface area contributed by atoms with Crippen molar-refractivity contribution in [2.75, 3.05) is 6.54 Å². The van der Waals surface area contributed by atoms with Crippen LogP contribution < -0.4 is 5.32 Å². The van der Waals surface area contributed by atoms with Crippen molar-refractivity contribution in [3.05, 3.63) is 34.9 Å². The smallest absolute Gasteiger partial charge is 0.220 e. The van der Waals surface area contributed by atoms with Crippen molar-refractivity contribution in [3.63, 3.8) is 0 Å². The highest BCUT2D eigenvalue weighted by Crippen LogP contribution is 2.08. The summed E-state index contributed by atoms with van der Waals surface area (Å²) in [6, 6.07) is 2.07. The Hall–Kier alpha value is -2.11. The van der Waals surface area contributed by atoms with Crippen molar-refractivity contribution < 1.29 is 4.79 Å². The predicted octanol–water partition coefficient (Wildman–Crippen LogP) is 2.16. The van der Waals surface area contributed by atoms with Crippen LogP contribution in [0.4, 0.5) is 0 Å². The number of hydrogen-bond donors (Lipinski definition) is 1. The molecule has 6 heteroatoms. The fourth-order valence-electron chi connectivity index (χ4n) is 2.66. The van der Waals surface area contributed by atoms with Crippen molar-refractivity contribution in [2.45, 2.75) is 60.0 Å². The highest BCUT2D eigenvalue weighted by Gasteiger charge is 2.07. The number of carbonyl (C=O) groups is 1. The van der Waals surface area contributed by atoms with Gasteiger partial charge in [-0.1, -0.05) is 0 Å². The highest BCUT2D eigenvalue weighted by molar-refractivity contribution is 5.76. The molecule has 2 aromatic rings. The van der Waals surface area contributed by atoms with Gasteiger partial charge in [0.25, 0.3) is 0 Å². The molecular formula is C17H27N5O. The summed E-state index contributed by atoms with van der Waals surface area (Å²) < 4.78 is 3.90. The monoisotopic (exact) mass is 317 g/mol. The first-order chi connectivity index (χ1) is 11.0. The first-order valence-electron chi connectivity index (χ1n) is 8.30. The molecule has 2 rings (SSSR count). The number of nitrogens with zero attached hydrogens (tertiary/aromatic N) is 4. The Morgan fingerprint density at radius 2 is 2.04 bits per heavy atom. The molecule has 0 radical (unpaired) electrons. The molecule has 1 amide bonds. The van der Waals surface area contributed by atoms with E-state index in [0.717, 1.165) is 48.6 Å². The van der Waals surface area contributed by atoms with Crippen molar-refractivity contribution in [3.8, 4) is 0 Å². The van der Waals surface area contributed by atoms with E-state index in [4.69, 9.17) is 0 Å². The molecular weight excluding hydrogens is 290 g/mol. The second-order valence-corrected chi connectivity index (χ2v) is 5.95. The van der Waals surface area contributed by atoms with Gasteiger partial charge in [-0.3, -0.25) is 14.2 Å². The van der Waals surface area contributed by atoms with E-state index in [9.17, 15) is 4.79 Å². The SMILES string of the molecule is CCn1cc(CCC(=O)NCCCn2nc(C)cc2C)c(C)n1. The molecule has 2 heterocycles. The first-order valence-corrected chi connectivity index (χ1v) is 8.30. The minimum absolute atomic E-state index is 0.0991. The Bertz CT molecular complexity index is 656. The summed E-state index contributed by atoms with van der Waals surface area (Å²) >= 11 is 0. The largest absolute Gasteiger partial charge is 0.356 e. The molecule has 0 aromatic carbocycles. The quantitative estimate of drug-likeness (QED) is 0.759. The van der Waals surface area contributed by atoms with Gasteiger partial charge in [-0.15, -0.1) is 0 Å².